The number of benzene rings is 1. The molecular formula is C20H26N2O2S. The zero-order valence-corrected chi connectivity index (χ0v) is 16.1. The highest BCUT2D eigenvalue weighted by atomic mass is 32.1. The molecule has 134 valence electrons. The van der Waals surface area contributed by atoms with Gasteiger partial charge in [0.25, 0.3) is 0 Å². The average Bonchev–Trinajstić information content (AvgIpc) is 3.02. The van der Waals surface area contributed by atoms with Crippen LogP contribution in [0, 0.1) is 12.3 Å². The molecule has 2 N–H and O–H groups in total. The lowest BCUT2D eigenvalue weighted by atomic mass is 9.95. The fourth-order valence-electron chi connectivity index (χ4n) is 2.29. The third-order valence-electron chi connectivity index (χ3n) is 3.85. The molecule has 0 bridgehead atoms. The van der Waals surface area contributed by atoms with Crippen LogP contribution in [0.15, 0.2) is 35.7 Å². The topological polar surface area (TPSA) is 58.2 Å². The summed E-state index contributed by atoms with van der Waals surface area (Å²) in [5.41, 5.74) is 2.01. The van der Waals surface area contributed by atoms with Gasteiger partial charge in [-0.2, -0.15) is 0 Å². The van der Waals surface area contributed by atoms with E-state index >= 15 is 0 Å². The van der Waals surface area contributed by atoms with E-state index in [0.29, 0.717) is 6.42 Å². The fourth-order valence-corrected chi connectivity index (χ4v) is 3.04. The Morgan fingerprint density at radius 2 is 1.88 bits per heavy atom. The first-order valence-electron chi connectivity index (χ1n) is 8.50. The molecule has 1 heterocycles. The number of hydrogen-bond acceptors (Lipinski definition) is 3. The standard InChI is InChI=1S/C20H26N2O2S/c1-14-13-15(10-11-17(14)22-19(24)20(2,3)4)21-18(23)9-5-7-16-8-6-12-25-16/h6,8,10-13H,5,7,9H2,1-4H3,(H,21,23)(H,22,24). The monoisotopic (exact) mass is 358 g/mol. The Morgan fingerprint density at radius 3 is 2.48 bits per heavy atom. The van der Waals surface area contributed by atoms with Crippen molar-refractivity contribution in [3.05, 3.63) is 46.2 Å². The van der Waals surface area contributed by atoms with Gasteiger partial charge in [0, 0.05) is 28.1 Å². The van der Waals surface area contributed by atoms with Gasteiger partial charge in [0.1, 0.15) is 0 Å². The summed E-state index contributed by atoms with van der Waals surface area (Å²) in [4.78, 5) is 25.5. The number of anilines is 2. The molecule has 0 aliphatic rings. The second kappa shape index (κ2) is 8.30. The Balaban J connectivity index is 1.87. The van der Waals surface area contributed by atoms with E-state index < -0.39 is 5.41 Å². The van der Waals surface area contributed by atoms with Crippen LogP contribution in [0.5, 0.6) is 0 Å². The third-order valence-corrected chi connectivity index (χ3v) is 4.78. The number of amides is 2. The second-order valence-electron chi connectivity index (χ2n) is 7.21. The number of rotatable bonds is 6. The maximum atomic E-state index is 12.1. The number of carbonyl (C=O) groups is 2. The number of thiophene rings is 1. The van der Waals surface area contributed by atoms with E-state index in [-0.39, 0.29) is 11.8 Å². The van der Waals surface area contributed by atoms with Gasteiger partial charge in [-0.3, -0.25) is 9.59 Å². The maximum absolute atomic E-state index is 12.1. The minimum Gasteiger partial charge on any atom is -0.326 e. The number of aryl methyl sites for hydroxylation is 2. The summed E-state index contributed by atoms with van der Waals surface area (Å²) in [6, 6.07) is 9.66. The molecule has 0 unspecified atom stereocenters. The molecule has 0 saturated carbocycles. The molecule has 0 saturated heterocycles. The molecule has 4 nitrogen and oxygen atoms in total. The molecule has 5 heteroatoms. The average molecular weight is 359 g/mol. The summed E-state index contributed by atoms with van der Waals surface area (Å²) in [5.74, 6) is -0.0107. The first kappa shape index (κ1) is 19.2. The fraction of sp³-hybridized carbons (Fsp3) is 0.400. The van der Waals surface area contributed by atoms with Gasteiger partial charge >= 0.3 is 0 Å². The number of nitrogens with one attached hydrogen (secondary N) is 2. The second-order valence-corrected chi connectivity index (χ2v) is 8.25. The van der Waals surface area contributed by atoms with Crippen LogP contribution < -0.4 is 10.6 Å². The molecule has 0 spiro atoms. The highest BCUT2D eigenvalue weighted by Gasteiger charge is 2.21. The van der Waals surface area contributed by atoms with Crippen molar-refractivity contribution in [2.24, 2.45) is 5.41 Å². The zero-order chi connectivity index (χ0) is 18.4. The van der Waals surface area contributed by atoms with Gasteiger partial charge < -0.3 is 10.6 Å². The van der Waals surface area contributed by atoms with Crippen LogP contribution in [0.25, 0.3) is 0 Å². The van der Waals surface area contributed by atoms with Crippen molar-refractivity contribution >= 4 is 34.5 Å². The van der Waals surface area contributed by atoms with Crippen molar-refractivity contribution < 1.29 is 9.59 Å². The minimum absolute atomic E-state index is 0.0161. The van der Waals surface area contributed by atoms with E-state index in [1.807, 2.05) is 52.0 Å². The summed E-state index contributed by atoms with van der Waals surface area (Å²) < 4.78 is 0. The summed E-state index contributed by atoms with van der Waals surface area (Å²) in [7, 11) is 0. The summed E-state index contributed by atoms with van der Waals surface area (Å²) in [5, 5.41) is 7.91. The lowest BCUT2D eigenvalue weighted by molar-refractivity contribution is -0.123. The van der Waals surface area contributed by atoms with Crippen LogP contribution >= 0.6 is 11.3 Å². The Hall–Kier alpha value is -2.14. The Morgan fingerprint density at radius 1 is 1.12 bits per heavy atom. The maximum Gasteiger partial charge on any atom is 0.229 e. The lowest BCUT2D eigenvalue weighted by Crippen LogP contribution is -2.27. The van der Waals surface area contributed by atoms with Crippen LogP contribution in [0.4, 0.5) is 11.4 Å². The highest BCUT2D eigenvalue weighted by Crippen LogP contribution is 2.23. The van der Waals surface area contributed by atoms with E-state index in [9.17, 15) is 9.59 Å². The Labute approximate surface area is 153 Å². The molecule has 0 fully saturated rings. The quantitative estimate of drug-likeness (QED) is 0.763. The molecule has 2 amide bonds. The van der Waals surface area contributed by atoms with Crippen LogP contribution in [0.3, 0.4) is 0 Å². The molecule has 0 radical (unpaired) electrons. The summed E-state index contributed by atoms with van der Waals surface area (Å²) in [6.07, 6.45) is 2.27. The van der Waals surface area contributed by atoms with Crippen LogP contribution in [0.1, 0.15) is 44.1 Å². The van der Waals surface area contributed by atoms with Gasteiger partial charge in [-0.05, 0) is 55.0 Å². The molecule has 2 aromatic rings. The third kappa shape index (κ3) is 6.02. The molecule has 1 aromatic heterocycles. The van der Waals surface area contributed by atoms with Gasteiger partial charge in [0.2, 0.25) is 11.8 Å². The zero-order valence-electron chi connectivity index (χ0n) is 15.3. The van der Waals surface area contributed by atoms with Crippen molar-refractivity contribution in [2.75, 3.05) is 10.6 Å². The lowest BCUT2D eigenvalue weighted by Gasteiger charge is -2.19. The van der Waals surface area contributed by atoms with E-state index in [1.54, 1.807) is 11.3 Å². The summed E-state index contributed by atoms with van der Waals surface area (Å²) in [6.45, 7) is 7.55. The molecule has 0 aliphatic heterocycles. The van der Waals surface area contributed by atoms with Gasteiger partial charge in [-0.25, -0.2) is 0 Å². The number of hydrogen-bond donors (Lipinski definition) is 2. The van der Waals surface area contributed by atoms with Gasteiger partial charge in [-0.15, -0.1) is 11.3 Å². The van der Waals surface area contributed by atoms with Crippen LogP contribution in [-0.2, 0) is 16.0 Å². The predicted octanol–water partition coefficient (Wildman–Crippen LogP) is 5.00. The number of carbonyl (C=O) groups excluding carboxylic acids is 2. The highest BCUT2D eigenvalue weighted by molar-refractivity contribution is 7.09. The van der Waals surface area contributed by atoms with E-state index in [1.165, 1.54) is 4.88 Å². The molecule has 0 aliphatic carbocycles. The smallest absolute Gasteiger partial charge is 0.229 e. The Kier molecular flexibility index (Phi) is 6.37. The van der Waals surface area contributed by atoms with Crippen molar-refractivity contribution in [3.8, 4) is 0 Å². The van der Waals surface area contributed by atoms with Gasteiger partial charge in [0.05, 0.1) is 0 Å². The Bertz CT molecular complexity index is 731. The first-order valence-corrected chi connectivity index (χ1v) is 9.38. The van der Waals surface area contributed by atoms with Crippen molar-refractivity contribution in [1.82, 2.24) is 0 Å². The normalized spacial score (nSPS) is 11.2. The molecular weight excluding hydrogens is 332 g/mol. The SMILES string of the molecule is Cc1cc(NC(=O)CCCc2cccs2)ccc1NC(=O)C(C)(C)C. The molecule has 1 aromatic carbocycles. The summed E-state index contributed by atoms with van der Waals surface area (Å²) >= 11 is 1.72. The molecule has 25 heavy (non-hydrogen) atoms. The minimum atomic E-state index is -0.443. The van der Waals surface area contributed by atoms with E-state index in [2.05, 4.69) is 22.1 Å². The van der Waals surface area contributed by atoms with Gasteiger partial charge in [-0.1, -0.05) is 26.8 Å². The van der Waals surface area contributed by atoms with Crippen LogP contribution in [-0.4, -0.2) is 11.8 Å². The molecule has 0 atom stereocenters. The molecule has 2 rings (SSSR count). The predicted molar refractivity (Wildman–Crippen MR) is 105 cm³/mol. The van der Waals surface area contributed by atoms with Gasteiger partial charge in [0.15, 0.2) is 0 Å². The van der Waals surface area contributed by atoms with Crippen LogP contribution in [0.2, 0.25) is 0 Å². The largest absolute Gasteiger partial charge is 0.326 e. The van der Waals surface area contributed by atoms with E-state index in [0.717, 1.165) is 29.8 Å². The van der Waals surface area contributed by atoms with Crippen molar-refractivity contribution in [2.45, 2.75) is 47.0 Å². The first-order chi connectivity index (χ1) is 11.8. The van der Waals surface area contributed by atoms with Crippen molar-refractivity contribution in [1.29, 1.82) is 0 Å². The van der Waals surface area contributed by atoms with E-state index in [4.69, 9.17) is 0 Å². The van der Waals surface area contributed by atoms with Crippen molar-refractivity contribution in [3.63, 3.8) is 0 Å².